The van der Waals surface area contributed by atoms with E-state index in [4.69, 9.17) is 16.7 Å². The lowest BCUT2D eigenvalue weighted by Crippen LogP contribution is -2.40. The zero-order valence-electron chi connectivity index (χ0n) is 10.5. The van der Waals surface area contributed by atoms with Crippen LogP contribution in [-0.4, -0.2) is 17.1 Å². The number of carbonyl (C=O) groups is 1. The number of aliphatic carboxylic acids is 1. The van der Waals surface area contributed by atoms with Crippen molar-refractivity contribution in [3.05, 3.63) is 28.3 Å². The second-order valence-corrected chi connectivity index (χ2v) is 4.85. The average Bonchev–Trinajstić information content (AvgIpc) is 2.30. The number of rotatable bonds is 4. The number of carboxylic acid groups (broad SMARTS) is 1. The van der Waals surface area contributed by atoms with Gasteiger partial charge in [-0.2, -0.15) is 5.12 Å². The van der Waals surface area contributed by atoms with Crippen LogP contribution in [0.1, 0.15) is 19.4 Å². The van der Waals surface area contributed by atoms with Crippen LogP contribution in [0, 0.1) is 24.5 Å². The molecule has 1 N–H and O–H groups in total. The summed E-state index contributed by atoms with van der Waals surface area (Å²) >= 11 is 5.60. The summed E-state index contributed by atoms with van der Waals surface area (Å²) < 4.78 is 41.1. The lowest BCUT2D eigenvalue weighted by molar-refractivity contribution is -0.140. The van der Waals surface area contributed by atoms with Gasteiger partial charge >= 0.3 is 5.97 Å². The average molecular weight is 296 g/mol. The molecule has 1 rings (SSSR count). The predicted octanol–water partition coefficient (Wildman–Crippen LogP) is 3.73. The Kier molecular flexibility index (Phi) is 4.68. The van der Waals surface area contributed by atoms with Crippen molar-refractivity contribution in [1.82, 2.24) is 0 Å². The smallest absolute Gasteiger partial charge is 0.329 e. The van der Waals surface area contributed by atoms with Gasteiger partial charge in [-0.05, 0) is 12.8 Å². The Labute approximate surface area is 113 Å². The van der Waals surface area contributed by atoms with E-state index in [1.165, 1.54) is 13.8 Å². The highest BCUT2D eigenvalue weighted by Gasteiger charge is 2.32. The molecule has 0 aliphatic carbocycles. The Morgan fingerprint density at radius 1 is 1.42 bits per heavy atom. The lowest BCUT2D eigenvalue weighted by atomic mass is 10.0. The molecular formula is C12H13ClF3NO2. The second-order valence-electron chi connectivity index (χ2n) is 4.47. The van der Waals surface area contributed by atoms with E-state index in [0.717, 1.165) is 6.92 Å². The fourth-order valence-electron chi connectivity index (χ4n) is 1.62. The molecule has 1 aromatic rings. The van der Waals surface area contributed by atoms with Crippen LogP contribution in [0.15, 0.2) is 6.07 Å². The number of halogens is 4. The summed E-state index contributed by atoms with van der Waals surface area (Å²) in [6.45, 7) is 4.10. The SMILES string of the molecule is Cc1c(F)cc(N(F)C(C(=O)O)C(C)C)c(Cl)c1F. The standard InChI is InChI=1S/C12H13ClF3NO2/c1-5(2)11(12(18)19)17(16)8-4-7(14)6(3)10(15)9(8)13/h4-5,11H,1-3H3,(H,18,19). The van der Waals surface area contributed by atoms with Crippen molar-refractivity contribution in [2.75, 3.05) is 5.12 Å². The summed E-state index contributed by atoms with van der Waals surface area (Å²) in [5, 5.41) is 8.08. The van der Waals surface area contributed by atoms with Crippen LogP contribution < -0.4 is 5.12 Å². The van der Waals surface area contributed by atoms with E-state index < -0.39 is 40.3 Å². The topological polar surface area (TPSA) is 40.5 Å². The van der Waals surface area contributed by atoms with E-state index in [-0.39, 0.29) is 10.7 Å². The van der Waals surface area contributed by atoms with Gasteiger partial charge in [0, 0.05) is 11.6 Å². The molecule has 0 fully saturated rings. The second kappa shape index (κ2) is 5.69. The summed E-state index contributed by atoms with van der Waals surface area (Å²) in [5.74, 6) is -4.17. The predicted molar refractivity (Wildman–Crippen MR) is 66.0 cm³/mol. The van der Waals surface area contributed by atoms with Gasteiger partial charge in [-0.1, -0.05) is 29.9 Å². The quantitative estimate of drug-likeness (QED) is 0.680. The van der Waals surface area contributed by atoms with Crippen LogP contribution in [0.4, 0.5) is 18.9 Å². The summed E-state index contributed by atoms with van der Waals surface area (Å²) in [7, 11) is 0. The Balaban J connectivity index is 3.33. The third kappa shape index (κ3) is 2.94. The molecule has 0 radical (unpaired) electrons. The fourth-order valence-corrected chi connectivity index (χ4v) is 1.90. The van der Waals surface area contributed by atoms with Crippen molar-refractivity contribution in [1.29, 1.82) is 0 Å². The molecule has 0 saturated heterocycles. The molecule has 0 bridgehead atoms. The third-order valence-electron chi connectivity index (χ3n) is 2.73. The van der Waals surface area contributed by atoms with Crippen molar-refractivity contribution in [3.8, 4) is 0 Å². The molecule has 0 aliphatic rings. The highest BCUT2D eigenvalue weighted by molar-refractivity contribution is 6.33. The molecular weight excluding hydrogens is 283 g/mol. The number of carboxylic acids is 1. The Bertz CT molecular complexity index is 508. The monoisotopic (exact) mass is 295 g/mol. The van der Waals surface area contributed by atoms with Gasteiger partial charge in [0.05, 0.1) is 5.69 Å². The van der Waals surface area contributed by atoms with Gasteiger partial charge < -0.3 is 5.11 Å². The first-order valence-electron chi connectivity index (χ1n) is 5.50. The summed E-state index contributed by atoms with van der Waals surface area (Å²) in [6.07, 6.45) is 0. The molecule has 0 saturated carbocycles. The van der Waals surface area contributed by atoms with Crippen LogP contribution in [0.25, 0.3) is 0 Å². The van der Waals surface area contributed by atoms with Crippen LogP contribution in [0.2, 0.25) is 5.02 Å². The molecule has 7 heteroatoms. The number of hydrogen-bond donors (Lipinski definition) is 1. The minimum atomic E-state index is -1.58. The maximum Gasteiger partial charge on any atom is 0.329 e. The molecule has 0 heterocycles. The first-order valence-corrected chi connectivity index (χ1v) is 5.88. The van der Waals surface area contributed by atoms with Crippen molar-refractivity contribution < 1.29 is 23.2 Å². The number of benzene rings is 1. The van der Waals surface area contributed by atoms with Crippen molar-refractivity contribution >= 4 is 23.3 Å². The van der Waals surface area contributed by atoms with Crippen LogP contribution in [-0.2, 0) is 4.79 Å². The molecule has 3 nitrogen and oxygen atoms in total. The van der Waals surface area contributed by atoms with Gasteiger partial charge in [0.1, 0.15) is 16.7 Å². The normalized spacial score (nSPS) is 12.6. The van der Waals surface area contributed by atoms with E-state index in [1.807, 2.05) is 0 Å². The number of anilines is 1. The zero-order chi connectivity index (χ0) is 14.9. The highest BCUT2D eigenvalue weighted by atomic mass is 35.5. The molecule has 19 heavy (non-hydrogen) atoms. The van der Waals surface area contributed by atoms with Crippen LogP contribution in [0.3, 0.4) is 0 Å². The molecule has 0 amide bonds. The summed E-state index contributed by atoms with van der Waals surface area (Å²) in [4.78, 5) is 11.0. The highest BCUT2D eigenvalue weighted by Crippen LogP contribution is 2.34. The van der Waals surface area contributed by atoms with E-state index in [0.29, 0.717) is 6.07 Å². The number of hydrogen-bond acceptors (Lipinski definition) is 2. The first-order chi connectivity index (χ1) is 8.68. The van der Waals surface area contributed by atoms with Crippen molar-refractivity contribution in [3.63, 3.8) is 0 Å². The molecule has 1 unspecified atom stereocenters. The third-order valence-corrected chi connectivity index (χ3v) is 3.09. The minimum Gasteiger partial charge on any atom is -0.480 e. The van der Waals surface area contributed by atoms with Crippen molar-refractivity contribution in [2.24, 2.45) is 5.92 Å². The molecule has 0 spiro atoms. The van der Waals surface area contributed by atoms with E-state index >= 15 is 0 Å². The maximum absolute atomic E-state index is 14.1. The molecule has 0 aromatic heterocycles. The number of nitrogens with zero attached hydrogens (tertiary/aromatic N) is 1. The summed E-state index contributed by atoms with van der Waals surface area (Å²) in [6, 6.07) is -0.905. The van der Waals surface area contributed by atoms with Gasteiger partial charge in [0.15, 0.2) is 6.04 Å². The minimum absolute atomic E-state index is 0.221. The molecule has 106 valence electrons. The zero-order valence-corrected chi connectivity index (χ0v) is 11.3. The Hall–Kier alpha value is -1.43. The van der Waals surface area contributed by atoms with E-state index in [1.54, 1.807) is 0 Å². The molecule has 1 aromatic carbocycles. The molecule has 0 aliphatic heterocycles. The van der Waals surface area contributed by atoms with Crippen molar-refractivity contribution in [2.45, 2.75) is 26.8 Å². The Morgan fingerprint density at radius 3 is 2.37 bits per heavy atom. The van der Waals surface area contributed by atoms with Crippen LogP contribution >= 0.6 is 11.6 Å². The largest absolute Gasteiger partial charge is 0.480 e. The van der Waals surface area contributed by atoms with E-state index in [2.05, 4.69) is 0 Å². The lowest BCUT2D eigenvalue weighted by Gasteiger charge is -2.25. The first kappa shape index (κ1) is 15.6. The summed E-state index contributed by atoms with van der Waals surface area (Å²) in [5.41, 5.74) is -0.984. The van der Waals surface area contributed by atoms with Gasteiger partial charge in [-0.25, -0.2) is 13.6 Å². The van der Waals surface area contributed by atoms with E-state index in [9.17, 15) is 18.1 Å². The maximum atomic E-state index is 14.1. The van der Waals surface area contributed by atoms with Gasteiger partial charge in [-0.15, -0.1) is 0 Å². The van der Waals surface area contributed by atoms with Crippen LogP contribution in [0.5, 0.6) is 0 Å². The van der Waals surface area contributed by atoms with Gasteiger partial charge in [0.2, 0.25) is 0 Å². The fraction of sp³-hybridized carbons (Fsp3) is 0.417. The van der Waals surface area contributed by atoms with Gasteiger partial charge in [0.25, 0.3) is 0 Å². The Morgan fingerprint density at radius 2 is 1.95 bits per heavy atom. The molecule has 1 atom stereocenters. The van der Waals surface area contributed by atoms with Gasteiger partial charge in [-0.3, -0.25) is 0 Å².